The zero-order valence-corrected chi connectivity index (χ0v) is 13.7. The molecule has 0 aliphatic rings. The van der Waals surface area contributed by atoms with Crippen LogP contribution in [-0.4, -0.2) is 25.6 Å². The molecule has 1 N–H and O–H groups in total. The summed E-state index contributed by atoms with van der Waals surface area (Å²) in [6.07, 6.45) is 3.85. The van der Waals surface area contributed by atoms with Gasteiger partial charge in [-0.15, -0.1) is 10.2 Å². The summed E-state index contributed by atoms with van der Waals surface area (Å²) in [5.41, 5.74) is 6.17. The number of nitrogens with zero attached hydrogens (tertiary/aromatic N) is 4. The van der Waals surface area contributed by atoms with Crippen LogP contribution in [0.5, 0.6) is 0 Å². The van der Waals surface area contributed by atoms with Gasteiger partial charge in [-0.05, 0) is 53.7 Å². The molecular formula is C18H21N5. The predicted octanol–water partition coefficient (Wildman–Crippen LogP) is 3.48. The number of hydrogen-bond donors (Lipinski definition) is 1. The standard InChI is InChI=1S/C18H21N5/c1-12(2)16-10-11-19-17(13(16)3)9-6-14-4-7-15(8-5-14)18-20-22-23-21-18/h4-5,7-8,10-12H,6,9H2,1-3H3,(H,20,21,22,23). The molecule has 118 valence electrons. The Morgan fingerprint density at radius 1 is 1.04 bits per heavy atom. The second-order valence-corrected chi connectivity index (χ2v) is 6.06. The second kappa shape index (κ2) is 6.69. The topological polar surface area (TPSA) is 67.3 Å². The highest BCUT2D eigenvalue weighted by molar-refractivity contribution is 5.54. The number of benzene rings is 1. The normalized spacial score (nSPS) is 11.1. The molecule has 0 aliphatic heterocycles. The molecule has 0 radical (unpaired) electrons. The van der Waals surface area contributed by atoms with E-state index in [1.807, 2.05) is 18.3 Å². The van der Waals surface area contributed by atoms with E-state index in [-0.39, 0.29) is 0 Å². The van der Waals surface area contributed by atoms with E-state index in [0.29, 0.717) is 11.7 Å². The van der Waals surface area contributed by atoms with E-state index in [0.717, 1.165) is 18.4 Å². The summed E-state index contributed by atoms with van der Waals surface area (Å²) in [5.74, 6) is 1.16. The molecule has 0 bridgehead atoms. The molecule has 0 atom stereocenters. The number of pyridine rings is 1. The van der Waals surface area contributed by atoms with Crippen LogP contribution in [0, 0.1) is 6.92 Å². The maximum absolute atomic E-state index is 4.56. The van der Waals surface area contributed by atoms with Gasteiger partial charge in [-0.25, -0.2) is 0 Å². The van der Waals surface area contributed by atoms with Crippen molar-refractivity contribution in [1.82, 2.24) is 25.6 Å². The fourth-order valence-electron chi connectivity index (χ4n) is 2.84. The van der Waals surface area contributed by atoms with Gasteiger partial charge < -0.3 is 0 Å². The van der Waals surface area contributed by atoms with Gasteiger partial charge in [0.05, 0.1) is 0 Å². The molecule has 0 fully saturated rings. The minimum absolute atomic E-state index is 0.533. The fraction of sp³-hybridized carbons (Fsp3) is 0.333. The van der Waals surface area contributed by atoms with Crippen molar-refractivity contribution in [1.29, 1.82) is 0 Å². The highest BCUT2D eigenvalue weighted by atomic mass is 15.5. The first-order chi connectivity index (χ1) is 11.1. The van der Waals surface area contributed by atoms with E-state index in [1.54, 1.807) is 0 Å². The molecule has 0 aliphatic carbocycles. The number of hydrogen-bond acceptors (Lipinski definition) is 4. The lowest BCUT2D eigenvalue weighted by Gasteiger charge is -2.13. The van der Waals surface area contributed by atoms with Crippen molar-refractivity contribution in [3.8, 4) is 11.4 Å². The number of aryl methyl sites for hydroxylation is 2. The number of aromatic nitrogens is 5. The van der Waals surface area contributed by atoms with Crippen molar-refractivity contribution in [2.45, 2.75) is 39.5 Å². The SMILES string of the molecule is Cc1c(C(C)C)ccnc1CCc1ccc(-c2nn[nH]n2)cc1. The zero-order chi connectivity index (χ0) is 16.2. The third-order valence-electron chi connectivity index (χ3n) is 4.18. The Balaban J connectivity index is 1.70. The number of tetrazole rings is 1. The van der Waals surface area contributed by atoms with Gasteiger partial charge in [0, 0.05) is 17.5 Å². The first-order valence-electron chi connectivity index (χ1n) is 7.92. The van der Waals surface area contributed by atoms with Crippen LogP contribution in [0.25, 0.3) is 11.4 Å². The molecule has 0 saturated heterocycles. The minimum Gasteiger partial charge on any atom is -0.261 e. The number of nitrogens with one attached hydrogen (secondary N) is 1. The van der Waals surface area contributed by atoms with E-state index in [2.05, 4.69) is 64.6 Å². The molecular weight excluding hydrogens is 286 g/mol. The maximum Gasteiger partial charge on any atom is 0.204 e. The van der Waals surface area contributed by atoms with Crippen molar-refractivity contribution in [2.24, 2.45) is 0 Å². The lowest BCUT2D eigenvalue weighted by atomic mass is 9.95. The zero-order valence-electron chi connectivity index (χ0n) is 13.7. The molecule has 2 aromatic heterocycles. The smallest absolute Gasteiger partial charge is 0.204 e. The summed E-state index contributed by atoms with van der Waals surface area (Å²) < 4.78 is 0. The molecule has 0 unspecified atom stereocenters. The highest BCUT2D eigenvalue weighted by Gasteiger charge is 2.09. The monoisotopic (exact) mass is 307 g/mol. The summed E-state index contributed by atoms with van der Waals surface area (Å²) in [4.78, 5) is 4.56. The summed E-state index contributed by atoms with van der Waals surface area (Å²) >= 11 is 0. The molecule has 2 heterocycles. The minimum atomic E-state index is 0.533. The van der Waals surface area contributed by atoms with Gasteiger partial charge in [-0.3, -0.25) is 4.98 Å². The number of H-pyrrole nitrogens is 1. The maximum atomic E-state index is 4.56. The van der Waals surface area contributed by atoms with E-state index in [4.69, 9.17) is 0 Å². The molecule has 5 heteroatoms. The summed E-state index contributed by atoms with van der Waals surface area (Å²) in [6, 6.07) is 10.4. The Kier molecular flexibility index (Phi) is 4.46. The van der Waals surface area contributed by atoms with Crippen molar-refractivity contribution < 1.29 is 0 Å². The Hall–Kier alpha value is -2.56. The first-order valence-corrected chi connectivity index (χ1v) is 7.92. The van der Waals surface area contributed by atoms with Crippen LogP contribution in [0.1, 0.15) is 42.1 Å². The molecule has 5 nitrogen and oxygen atoms in total. The molecule has 3 rings (SSSR count). The second-order valence-electron chi connectivity index (χ2n) is 6.06. The quantitative estimate of drug-likeness (QED) is 0.783. The van der Waals surface area contributed by atoms with Crippen molar-refractivity contribution >= 4 is 0 Å². The largest absolute Gasteiger partial charge is 0.261 e. The molecule has 0 saturated carbocycles. The summed E-state index contributed by atoms with van der Waals surface area (Å²) in [7, 11) is 0. The van der Waals surface area contributed by atoms with Gasteiger partial charge in [0.2, 0.25) is 5.82 Å². The molecule has 23 heavy (non-hydrogen) atoms. The predicted molar refractivity (Wildman–Crippen MR) is 90.1 cm³/mol. The molecule has 1 aromatic carbocycles. The van der Waals surface area contributed by atoms with Gasteiger partial charge >= 0.3 is 0 Å². The summed E-state index contributed by atoms with van der Waals surface area (Å²) in [5, 5.41) is 14.0. The molecule has 0 spiro atoms. The lowest BCUT2D eigenvalue weighted by Crippen LogP contribution is -2.02. The van der Waals surface area contributed by atoms with E-state index >= 15 is 0 Å². The van der Waals surface area contributed by atoms with Crippen LogP contribution in [0.15, 0.2) is 36.5 Å². The van der Waals surface area contributed by atoms with Crippen LogP contribution < -0.4 is 0 Å². The number of rotatable bonds is 5. The highest BCUT2D eigenvalue weighted by Crippen LogP contribution is 2.21. The van der Waals surface area contributed by atoms with E-state index in [1.165, 1.54) is 22.4 Å². The van der Waals surface area contributed by atoms with Crippen LogP contribution in [-0.2, 0) is 12.8 Å². The Morgan fingerprint density at radius 3 is 2.48 bits per heavy atom. The lowest BCUT2D eigenvalue weighted by molar-refractivity contribution is 0.825. The van der Waals surface area contributed by atoms with Crippen LogP contribution >= 0.6 is 0 Å². The van der Waals surface area contributed by atoms with E-state index < -0.39 is 0 Å². The van der Waals surface area contributed by atoms with Gasteiger partial charge in [-0.1, -0.05) is 38.1 Å². The Morgan fingerprint density at radius 2 is 1.83 bits per heavy atom. The van der Waals surface area contributed by atoms with Gasteiger partial charge in [0.1, 0.15) is 0 Å². The van der Waals surface area contributed by atoms with Crippen molar-refractivity contribution in [3.63, 3.8) is 0 Å². The van der Waals surface area contributed by atoms with Crippen LogP contribution in [0.2, 0.25) is 0 Å². The average molecular weight is 307 g/mol. The molecule has 0 amide bonds. The Labute approximate surface area is 136 Å². The number of aromatic amines is 1. The average Bonchev–Trinajstić information content (AvgIpc) is 3.08. The van der Waals surface area contributed by atoms with E-state index in [9.17, 15) is 0 Å². The first kappa shape index (κ1) is 15.3. The fourth-order valence-corrected chi connectivity index (χ4v) is 2.84. The van der Waals surface area contributed by atoms with Crippen LogP contribution in [0.3, 0.4) is 0 Å². The van der Waals surface area contributed by atoms with Gasteiger partial charge in [-0.2, -0.15) is 5.21 Å². The summed E-state index contributed by atoms with van der Waals surface area (Å²) in [6.45, 7) is 6.63. The Bertz CT molecular complexity index is 761. The van der Waals surface area contributed by atoms with Gasteiger partial charge in [0.15, 0.2) is 0 Å². The van der Waals surface area contributed by atoms with Gasteiger partial charge in [0.25, 0.3) is 0 Å². The van der Waals surface area contributed by atoms with Crippen molar-refractivity contribution in [3.05, 3.63) is 58.9 Å². The molecule has 3 aromatic rings. The third kappa shape index (κ3) is 3.44. The third-order valence-corrected chi connectivity index (χ3v) is 4.18. The van der Waals surface area contributed by atoms with Crippen LogP contribution in [0.4, 0.5) is 0 Å². The van der Waals surface area contributed by atoms with Crippen molar-refractivity contribution in [2.75, 3.05) is 0 Å².